The van der Waals surface area contributed by atoms with Gasteiger partial charge in [-0.15, -0.1) is 0 Å². The van der Waals surface area contributed by atoms with E-state index in [1.807, 2.05) is 24.3 Å². The fourth-order valence-corrected chi connectivity index (χ4v) is 4.41. The summed E-state index contributed by atoms with van der Waals surface area (Å²) >= 11 is 6.20. The van der Waals surface area contributed by atoms with Gasteiger partial charge in [-0.05, 0) is 35.6 Å². The highest BCUT2D eigenvalue weighted by atomic mass is 35.5. The SMILES string of the molecule is CN(C)S(=O)(=O)c1ccccc1CNC(=O)C1CC1c1ccccc1Cl. The first-order valence-corrected chi connectivity index (χ1v) is 10.2. The molecule has 0 radical (unpaired) electrons. The van der Waals surface area contributed by atoms with Crippen molar-refractivity contribution in [2.24, 2.45) is 5.92 Å². The van der Waals surface area contributed by atoms with E-state index in [0.717, 1.165) is 12.0 Å². The predicted octanol–water partition coefficient (Wildman–Crippen LogP) is 3.01. The Morgan fingerprint density at radius 3 is 2.50 bits per heavy atom. The van der Waals surface area contributed by atoms with Gasteiger partial charge in [0.1, 0.15) is 0 Å². The minimum absolute atomic E-state index is 0.0769. The molecule has 3 rings (SSSR count). The van der Waals surface area contributed by atoms with Gasteiger partial charge in [0.25, 0.3) is 0 Å². The third kappa shape index (κ3) is 3.77. The highest BCUT2D eigenvalue weighted by Crippen LogP contribution is 2.49. The summed E-state index contributed by atoms with van der Waals surface area (Å²) in [4.78, 5) is 12.7. The molecule has 1 aliphatic rings. The summed E-state index contributed by atoms with van der Waals surface area (Å²) in [5.41, 5.74) is 1.56. The predicted molar refractivity (Wildman–Crippen MR) is 101 cm³/mol. The maximum atomic E-state index is 12.5. The van der Waals surface area contributed by atoms with Crippen LogP contribution in [-0.4, -0.2) is 32.7 Å². The minimum Gasteiger partial charge on any atom is -0.352 e. The van der Waals surface area contributed by atoms with Gasteiger partial charge in [0.05, 0.1) is 4.90 Å². The van der Waals surface area contributed by atoms with Crippen molar-refractivity contribution >= 4 is 27.5 Å². The molecule has 0 saturated heterocycles. The molecule has 0 heterocycles. The van der Waals surface area contributed by atoms with Crippen molar-refractivity contribution in [2.75, 3.05) is 14.1 Å². The van der Waals surface area contributed by atoms with Crippen LogP contribution in [0, 0.1) is 5.92 Å². The van der Waals surface area contributed by atoms with Gasteiger partial charge in [-0.25, -0.2) is 12.7 Å². The number of halogens is 1. The molecule has 2 unspecified atom stereocenters. The van der Waals surface area contributed by atoms with Gasteiger partial charge < -0.3 is 5.32 Å². The summed E-state index contributed by atoms with van der Waals surface area (Å²) in [7, 11) is -0.576. The van der Waals surface area contributed by atoms with Crippen molar-refractivity contribution in [2.45, 2.75) is 23.8 Å². The van der Waals surface area contributed by atoms with Crippen LogP contribution < -0.4 is 5.32 Å². The van der Waals surface area contributed by atoms with E-state index in [9.17, 15) is 13.2 Å². The van der Waals surface area contributed by atoms with Crippen molar-refractivity contribution in [1.82, 2.24) is 9.62 Å². The first kappa shape index (κ1) is 18.9. The van der Waals surface area contributed by atoms with Crippen LogP contribution in [0.2, 0.25) is 5.02 Å². The van der Waals surface area contributed by atoms with Crippen molar-refractivity contribution in [3.8, 4) is 0 Å². The van der Waals surface area contributed by atoms with Gasteiger partial charge in [0.15, 0.2) is 0 Å². The van der Waals surface area contributed by atoms with E-state index in [-0.39, 0.29) is 29.2 Å². The quantitative estimate of drug-likeness (QED) is 0.821. The number of carbonyl (C=O) groups excluding carboxylic acids is 1. The maximum absolute atomic E-state index is 12.5. The Kier molecular flexibility index (Phi) is 5.37. The van der Waals surface area contributed by atoms with Crippen LogP contribution in [0.4, 0.5) is 0 Å². The summed E-state index contributed by atoms with van der Waals surface area (Å²) in [5, 5.41) is 3.54. The lowest BCUT2D eigenvalue weighted by molar-refractivity contribution is -0.122. The zero-order valence-electron chi connectivity index (χ0n) is 14.6. The highest BCUT2D eigenvalue weighted by Gasteiger charge is 2.44. The molecular weight excluding hydrogens is 372 g/mol. The normalized spacial score (nSPS) is 19.4. The average molecular weight is 393 g/mol. The molecule has 0 spiro atoms. The van der Waals surface area contributed by atoms with Gasteiger partial charge in [0.2, 0.25) is 15.9 Å². The van der Waals surface area contributed by atoms with Crippen LogP contribution in [0.25, 0.3) is 0 Å². The molecule has 26 heavy (non-hydrogen) atoms. The topological polar surface area (TPSA) is 66.5 Å². The lowest BCUT2D eigenvalue weighted by atomic mass is 10.1. The number of hydrogen-bond donors (Lipinski definition) is 1. The first-order valence-electron chi connectivity index (χ1n) is 8.35. The van der Waals surface area contributed by atoms with E-state index in [0.29, 0.717) is 10.6 Å². The second-order valence-electron chi connectivity index (χ2n) is 6.58. The molecule has 1 fully saturated rings. The number of sulfonamides is 1. The average Bonchev–Trinajstić information content (AvgIpc) is 3.40. The monoisotopic (exact) mass is 392 g/mol. The number of amides is 1. The zero-order chi connectivity index (χ0) is 18.9. The second kappa shape index (κ2) is 7.39. The van der Waals surface area contributed by atoms with E-state index in [1.165, 1.54) is 18.4 Å². The Hall–Kier alpha value is -1.89. The molecular formula is C19H21ClN2O3S. The number of carbonyl (C=O) groups is 1. The zero-order valence-corrected chi connectivity index (χ0v) is 16.2. The molecule has 138 valence electrons. The molecule has 1 N–H and O–H groups in total. The highest BCUT2D eigenvalue weighted by molar-refractivity contribution is 7.89. The van der Waals surface area contributed by atoms with Gasteiger partial charge in [0, 0.05) is 31.6 Å². The van der Waals surface area contributed by atoms with Crippen molar-refractivity contribution in [1.29, 1.82) is 0 Å². The largest absolute Gasteiger partial charge is 0.352 e. The van der Waals surface area contributed by atoms with Crippen molar-refractivity contribution in [3.63, 3.8) is 0 Å². The molecule has 1 aliphatic carbocycles. The van der Waals surface area contributed by atoms with Crippen LogP contribution in [0.5, 0.6) is 0 Å². The van der Waals surface area contributed by atoms with Crippen LogP contribution in [0.1, 0.15) is 23.5 Å². The Labute approximate surface area is 159 Å². The van der Waals surface area contributed by atoms with Gasteiger partial charge in [-0.1, -0.05) is 48.0 Å². The summed E-state index contributed by atoms with van der Waals surface area (Å²) in [6.07, 6.45) is 0.757. The number of rotatable bonds is 6. The number of benzene rings is 2. The first-order chi connectivity index (χ1) is 12.3. The Morgan fingerprint density at radius 1 is 1.15 bits per heavy atom. The number of hydrogen-bond acceptors (Lipinski definition) is 3. The van der Waals surface area contributed by atoms with Gasteiger partial charge >= 0.3 is 0 Å². The molecule has 0 aromatic heterocycles. The molecule has 2 atom stereocenters. The van der Waals surface area contributed by atoms with E-state index in [4.69, 9.17) is 11.6 Å². The maximum Gasteiger partial charge on any atom is 0.242 e. The Bertz CT molecular complexity index is 928. The molecule has 2 aromatic rings. The second-order valence-corrected chi connectivity index (χ2v) is 9.11. The number of nitrogens with zero attached hydrogens (tertiary/aromatic N) is 1. The standard InChI is InChI=1S/C19H21ClN2O3S/c1-22(2)26(24,25)18-10-6-3-7-13(18)12-21-19(23)16-11-15(16)14-8-4-5-9-17(14)20/h3-10,15-16H,11-12H2,1-2H3,(H,21,23). The van der Waals surface area contributed by atoms with E-state index >= 15 is 0 Å². The third-order valence-corrected chi connectivity index (χ3v) is 6.88. The third-order valence-electron chi connectivity index (χ3n) is 4.62. The summed E-state index contributed by atoms with van der Waals surface area (Å²) < 4.78 is 26.0. The van der Waals surface area contributed by atoms with E-state index < -0.39 is 10.0 Å². The lowest BCUT2D eigenvalue weighted by Gasteiger charge is -2.15. The number of nitrogens with one attached hydrogen (secondary N) is 1. The van der Waals surface area contributed by atoms with E-state index in [2.05, 4.69) is 5.32 Å². The molecule has 0 bridgehead atoms. The fourth-order valence-electron chi connectivity index (χ4n) is 3.02. The van der Waals surface area contributed by atoms with Crippen molar-refractivity contribution < 1.29 is 13.2 Å². The summed E-state index contributed by atoms with van der Waals surface area (Å²) in [6, 6.07) is 14.3. The fraction of sp³-hybridized carbons (Fsp3) is 0.316. The summed E-state index contributed by atoms with van der Waals surface area (Å²) in [6.45, 7) is 0.174. The molecule has 1 saturated carbocycles. The Morgan fingerprint density at radius 2 is 1.81 bits per heavy atom. The van der Waals surface area contributed by atoms with Crippen LogP contribution >= 0.6 is 11.6 Å². The van der Waals surface area contributed by atoms with Crippen molar-refractivity contribution in [3.05, 3.63) is 64.7 Å². The Balaban J connectivity index is 1.68. The van der Waals surface area contributed by atoms with Crippen LogP contribution in [-0.2, 0) is 21.4 Å². The van der Waals surface area contributed by atoms with Gasteiger partial charge in [-0.3, -0.25) is 4.79 Å². The smallest absolute Gasteiger partial charge is 0.242 e. The molecule has 5 nitrogen and oxygen atoms in total. The van der Waals surface area contributed by atoms with E-state index in [1.54, 1.807) is 24.3 Å². The van der Waals surface area contributed by atoms with Crippen LogP contribution in [0.15, 0.2) is 53.4 Å². The molecule has 1 amide bonds. The van der Waals surface area contributed by atoms with Gasteiger partial charge in [-0.2, -0.15) is 0 Å². The molecule has 7 heteroatoms. The van der Waals surface area contributed by atoms with Crippen LogP contribution in [0.3, 0.4) is 0 Å². The molecule has 0 aliphatic heterocycles. The molecule has 2 aromatic carbocycles. The minimum atomic E-state index is -3.55. The lowest BCUT2D eigenvalue weighted by Crippen LogP contribution is -2.28. The summed E-state index contributed by atoms with van der Waals surface area (Å²) in [5.74, 6) is -0.0658.